The van der Waals surface area contributed by atoms with Gasteiger partial charge < -0.3 is 10.6 Å². The maximum atomic E-state index is 12.1. The summed E-state index contributed by atoms with van der Waals surface area (Å²) in [6.07, 6.45) is 5.40. The van der Waals surface area contributed by atoms with E-state index in [1.54, 1.807) is 17.1 Å². The monoisotopic (exact) mass is 272 g/mol. The summed E-state index contributed by atoms with van der Waals surface area (Å²) < 4.78 is 1.65. The predicted octanol–water partition coefficient (Wildman–Crippen LogP) is 1.04. The summed E-state index contributed by atoms with van der Waals surface area (Å²) in [5, 5.41) is 4.02. The normalized spacial score (nSPS) is 18.3. The minimum atomic E-state index is 0. The number of amides is 1. The van der Waals surface area contributed by atoms with E-state index < -0.39 is 0 Å². The van der Waals surface area contributed by atoms with E-state index >= 15 is 0 Å². The molecule has 18 heavy (non-hydrogen) atoms. The first-order valence-corrected chi connectivity index (χ1v) is 6.11. The smallest absolute Gasteiger partial charge is 0.257 e. The first-order valence-electron chi connectivity index (χ1n) is 6.11. The molecule has 0 spiro atoms. The lowest BCUT2D eigenvalue weighted by molar-refractivity contribution is 0.0681. The highest BCUT2D eigenvalue weighted by Crippen LogP contribution is 2.20. The van der Waals surface area contributed by atoms with Crippen molar-refractivity contribution < 1.29 is 4.79 Å². The maximum Gasteiger partial charge on any atom is 0.257 e. The Bertz CT molecular complexity index is 397. The molecule has 1 aliphatic heterocycles. The molecule has 2 heterocycles. The molecule has 1 saturated heterocycles. The van der Waals surface area contributed by atoms with Gasteiger partial charge in [0.15, 0.2) is 0 Å². The molecule has 1 atom stereocenters. The van der Waals surface area contributed by atoms with E-state index in [0.29, 0.717) is 11.5 Å². The Morgan fingerprint density at radius 1 is 1.50 bits per heavy atom. The van der Waals surface area contributed by atoms with Crippen LogP contribution < -0.4 is 5.73 Å². The van der Waals surface area contributed by atoms with Crippen LogP contribution in [0.1, 0.15) is 30.1 Å². The second kappa shape index (κ2) is 6.20. The van der Waals surface area contributed by atoms with Crippen LogP contribution in [-0.2, 0) is 7.05 Å². The molecular weight excluding hydrogens is 252 g/mol. The van der Waals surface area contributed by atoms with Crippen molar-refractivity contribution in [2.75, 3.05) is 13.1 Å². The third-order valence-corrected chi connectivity index (χ3v) is 3.52. The topological polar surface area (TPSA) is 64.2 Å². The number of hydrogen-bond acceptors (Lipinski definition) is 3. The molecular formula is C12H21ClN4O. The molecule has 1 aromatic heterocycles. The summed E-state index contributed by atoms with van der Waals surface area (Å²) in [6.45, 7) is 3.66. The number of rotatable bonds is 2. The Balaban J connectivity index is 0.00000162. The lowest BCUT2D eigenvalue weighted by Gasteiger charge is -2.33. The van der Waals surface area contributed by atoms with Gasteiger partial charge in [0.25, 0.3) is 5.91 Å². The van der Waals surface area contributed by atoms with Crippen molar-refractivity contribution in [3.63, 3.8) is 0 Å². The molecule has 0 saturated carbocycles. The number of aryl methyl sites for hydroxylation is 1. The van der Waals surface area contributed by atoms with Gasteiger partial charge in [0.05, 0.1) is 11.8 Å². The lowest BCUT2D eigenvalue weighted by atomic mass is 9.91. The summed E-state index contributed by atoms with van der Waals surface area (Å²) >= 11 is 0. The maximum absolute atomic E-state index is 12.1. The fraction of sp³-hybridized carbons (Fsp3) is 0.667. The number of hydrogen-bond donors (Lipinski definition) is 1. The molecule has 1 aliphatic rings. The minimum absolute atomic E-state index is 0. The van der Waals surface area contributed by atoms with Crippen LogP contribution in [-0.4, -0.2) is 39.7 Å². The van der Waals surface area contributed by atoms with Gasteiger partial charge in [-0.15, -0.1) is 12.4 Å². The van der Waals surface area contributed by atoms with Crippen LogP contribution in [0.3, 0.4) is 0 Å². The van der Waals surface area contributed by atoms with Crippen molar-refractivity contribution >= 4 is 18.3 Å². The molecule has 6 heteroatoms. The highest BCUT2D eigenvalue weighted by atomic mass is 35.5. The Kier molecular flexibility index (Phi) is 5.16. The van der Waals surface area contributed by atoms with E-state index in [4.69, 9.17) is 5.73 Å². The van der Waals surface area contributed by atoms with Gasteiger partial charge in [0.2, 0.25) is 0 Å². The highest BCUT2D eigenvalue weighted by Gasteiger charge is 2.25. The Morgan fingerprint density at radius 2 is 2.11 bits per heavy atom. The van der Waals surface area contributed by atoms with Gasteiger partial charge in [-0.2, -0.15) is 5.10 Å². The molecule has 1 unspecified atom stereocenters. The van der Waals surface area contributed by atoms with Crippen LogP contribution >= 0.6 is 12.4 Å². The van der Waals surface area contributed by atoms with Crippen LogP contribution in [0.4, 0.5) is 0 Å². The predicted molar refractivity (Wildman–Crippen MR) is 72.7 cm³/mol. The minimum Gasteiger partial charge on any atom is -0.339 e. The molecule has 0 bridgehead atoms. The van der Waals surface area contributed by atoms with Crippen molar-refractivity contribution in [1.29, 1.82) is 0 Å². The molecule has 2 rings (SSSR count). The number of likely N-dealkylation sites (tertiary alicyclic amines) is 1. The summed E-state index contributed by atoms with van der Waals surface area (Å²) in [6, 6.07) is 0.227. The van der Waals surface area contributed by atoms with Crippen LogP contribution in [0, 0.1) is 5.92 Å². The molecule has 2 N–H and O–H groups in total. The van der Waals surface area contributed by atoms with E-state index in [1.165, 1.54) is 0 Å². The Hall–Kier alpha value is -1.07. The lowest BCUT2D eigenvalue weighted by Crippen LogP contribution is -2.42. The van der Waals surface area contributed by atoms with Crippen molar-refractivity contribution in [2.45, 2.75) is 25.8 Å². The number of carbonyl (C=O) groups excluding carboxylic acids is 1. The average molecular weight is 273 g/mol. The van der Waals surface area contributed by atoms with Crippen molar-refractivity contribution in [3.8, 4) is 0 Å². The zero-order valence-electron chi connectivity index (χ0n) is 10.9. The SMILES string of the molecule is CC(N)C1CCN(C(=O)c2cnn(C)c2)CC1.Cl. The zero-order chi connectivity index (χ0) is 12.4. The van der Waals surface area contributed by atoms with E-state index in [1.807, 2.05) is 18.9 Å². The van der Waals surface area contributed by atoms with Crippen molar-refractivity contribution in [1.82, 2.24) is 14.7 Å². The average Bonchev–Trinajstić information content (AvgIpc) is 2.75. The first kappa shape index (κ1) is 15.0. The molecule has 0 aromatic carbocycles. The summed E-state index contributed by atoms with van der Waals surface area (Å²) in [5.74, 6) is 0.633. The summed E-state index contributed by atoms with van der Waals surface area (Å²) in [5.41, 5.74) is 6.56. The third-order valence-electron chi connectivity index (χ3n) is 3.52. The number of nitrogens with zero attached hydrogens (tertiary/aromatic N) is 3. The van der Waals surface area contributed by atoms with Crippen LogP contribution in [0.15, 0.2) is 12.4 Å². The Morgan fingerprint density at radius 3 is 2.56 bits per heavy atom. The van der Waals surface area contributed by atoms with E-state index in [2.05, 4.69) is 5.10 Å². The molecule has 5 nitrogen and oxygen atoms in total. The number of nitrogens with two attached hydrogens (primary N) is 1. The second-order valence-corrected chi connectivity index (χ2v) is 4.89. The van der Waals surface area contributed by atoms with Crippen molar-refractivity contribution in [2.24, 2.45) is 18.7 Å². The largest absolute Gasteiger partial charge is 0.339 e. The summed E-state index contributed by atoms with van der Waals surface area (Å²) in [4.78, 5) is 14.0. The molecule has 1 fully saturated rings. The molecule has 1 amide bonds. The van der Waals surface area contributed by atoms with E-state index in [9.17, 15) is 4.79 Å². The quantitative estimate of drug-likeness (QED) is 0.875. The number of aromatic nitrogens is 2. The molecule has 0 radical (unpaired) electrons. The van der Waals surface area contributed by atoms with Crippen LogP contribution in [0.2, 0.25) is 0 Å². The second-order valence-electron chi connectivity index (χ2n) is 4.89. The Labute approximate surface area is 114 Å². The standard InChI is InChI=1S/C12H20N4O.ClH/c1-9(13)10-3-5-16(6-4-10)12(17)11-7-14-15(2)8-11;/h7-10H,3-6,13H2,1-2H3;1H. The van der Waals surface area contributed by atoms with Crippen LogP contribution in [0.25, 0.3) is 0 Å². The number of carbonyl (C=O) groups is 1. The van der Waals surface area contributed by atoms with Gasteiger partial charge >= 0.3 is 0 Å². The van der Waals surface area contributed by atoms with E-state index in [0.717, 1.165) is 25.9 Å². The number of piperidine rings is 1. The zero-order valence-corrected chi connectivity index (χ0v) is 11.7. The first-order chi connectivity index (χ1) is 8.08. The van der Waals surface area contributed by atoms with Gasteiger partial charge in [-0.25, -0.2) is 0 Å². The van der Waals surface area contributed by atoms with Gasteiger partial charge in [0, 0.05) is 32.4 Å². The van der Waals surface area contributed by atoms with Gasteiger partial charge in [-0.1, -0.05) is 0 Å². The van der Waals surface area contributed by atoms with Crippen LogP contribution in [0.5, 0.6) is 0 Å². The summed E-state index contributed by atoms with van der Waals surface area (Å²) in [7, 11) is 1.82. The molecule has 1 aromatic rings. The fourth-order valence-corrected chi connectivity index (χ4v) is 2.34. The van der Waals surface area contributed by atoms with E-state index in [-0.39, 0.29) is 24.4 Å². The van der Waals surface area contributed by atoms with Gasteiger partial charge in [-0.05, 0) is 25.7 Å². The van der Waals surface area contributed by atoms with Gasteiger partial charge in [-0.3, -0.25) is 9.48 Å². The number of halogens is 1. The highest BCUT2D eigenvalue weighted by molar-refractivity contribution is 5.93. The van der Waals surface area contributed by atoms with Crippen molar-refractivity contribution in [3.05, 3.63) is 18.0 Å². The molecule has 0 aliphatic carbocycles. The fourth-order valence-electron chi connectivity index (χ4n) is 2.34. The molecule has 102 valence electrons. The third kappa shape index (κ3) is 3.23. The van der Waals surface area contributed by atoms with Gasteiger partial charge in [0.1, 0.15) is 0 Å².